The molecule has 1 saturated heterocycles. The number of alkyl halides is 5. The minimum absolute atomic E-state index is 0.0769. The van der Waals surface area contributed by atoms with Crippen molar-refractivity contribution in [3.8, 4) is 5.88 Å². The summed E-state index contributed by atoms with van der Waals surface area (Å²) in [5.74, 6) is -3.27. The quantitative estimate of drug-likeness (QED) is 0.463. The summed E-state index contributed by atoms with van der Waals surface area (Å²) >= 11 is 5.77. The second-order valence-electron chi connectivity index (χ2n) is 6.45. The van der Waals surface area contributed by atoms with Crippen LogP contribution in [0.1, 0.15) is 0 Å². The third kappa shape index (κ3) is 4.16. The average Bonchev–Trinajstić information content (AvgIpc) is 3.14. The Kier molecular flexibility index (Phi) is 4.68. The second-order valence-corrected chi connectivity index (χ2v) is 6.83. The maximum absolute atomic E-state index is 14.4. The maximum atomic E-state index is 14.4. The Morgan fingerprint density at radius 1 is 1.17 bits per heavy atom. The molecular weight excluding hydrogens is 423 g/mol. The van der Waals surface area contributed by atoms with Gasteiger partial charge in [-0.05, 0) is 0 Å². The number of anilines is 1. The molecule has 154 valence electrons. The molecule has 4 rings (SSSR count). The van der Waals surface area contributed by atoms with Crippen molar-refractivity contribution < 1.29 is 26.7 Å². The van der Waals surface area contributed by atoms with Crippen molar-refractivity contribution in [3.63, 3.8) is 0 Å². The monoisotopic (exact) mass is 434 g/mol. The molecule has 13 heteroatoms. The van der Waals surface area contributed by atoms with Crippen molar-refractivity contribution in [3.05, 3.63) is 36.0 Å². The van der Waals surface area contributed by atoms with Crippen LogP contribution in [-0.4, -0.2) is 56.0 Å². The largest absolute Gasteiger partial charge is 0.466 e. The lowest BCUT2D eigenvalue weighted by Crippen LogP contribution is -2.36. The molecule has 29 heavy (non-hydrogen) atoms. The Balaban J connectivity index is 1.56. The van der Waals surface area contributed by atoms with Gasteiger partial charge in [0, 0.05) is 23.7 Å². The number of rotatable bonds is 4. The average molecular weight is 435 g/mol. The number of fused-ring (bicyclic) bond motifs is 1. The molecule has 1 aliphatic heterocycles. The Labute approximate surface area is 165 Å². The van der Waals surface area contributed by atoms with Gasteiger partial charge in [-0.1, -0.05) is 11.6 Å². The third-order valence-corrected chi connectivity index (χ3v) is 4.50. The van der Waals surface area contributed by atoms with E-state index in [1.54, 1.807) is 0 Å². The van der Waals surface area contributed by atoms with Gasteiger partial charge in [0.1, 0.15) is 23.8 Å². The van der Waals surface area contributed by atoms with Crippen molar-refractivity contribution in [2.45, 2.75) is 24.7 Å². The zero-order chi connectivity index (χ0) is 20.8. The summed E-state index contributed by atoms with van der Waals surface area (Å²) in [5.41, 5.74) is 0.0769. The van der Waals surface area contributed by atoms with E-state index in [4.69, 9.17) is 16.3 Å². The number of halogens is 6. The van der Waals surface area contributed by atoms with E-state index >= 15 is 0 Å². The van der Waals surface area contributed by atoms with Crippen LogP contribution in [-0.2, 0) is 6.54 Å². The van der Waals surface area contributed by atoms with Gasteiger partial charge in [0.15, 0.2) is 6.10 Å². The molecule has 0 unspecified atom stereocenters. The molecule has 0 saturated carbocycles. The van der Waals surface area contributed by atoms with Crippen molar-refractivity contribution >= 4 is 28.3 Å². The molecule has 0 N–H and O–H groups in total. The molecule has 4 heterocycles. The molecule has 1 fully saturated rings. The van der Waals surface area contributed by atoms with Crippen molar-refractivity contribution in [1.29, 1.82) is 0 Å². The highest BCUT2D eigenvalue weighted by Crippen LogP contribution is 2.34. The highest BCUT2D eigenvalue weighted by Gasteiger charge is 2.50. The summed E-state index contributed by atoms with van der Waals surface area (Å²) in [5, 5.41) is 4.10. The fraction of sp³-hybridized carbons (Fsp3) is 0.375. The molecule has 0 amide bonds. The first-order valence-corrected chi connectivity index (χ1v) is 8.64. The summed E-state index contributed by atoms with van der Waals surface area (Å²) in [6, 6.07) is 2.51. The van der Waals surface area contributed by atoms with Gasteiger partial charge in [-0.15, -0.1) is 0 Å². The molecule has 0 spiro atoms. The molecule has 0 aromatic carbocycles. The first kappa shape index (κ1) is 19.6. The Hall–Kier alpha value is -2.76. The molecule has 7 nitrogen and oxygen atoms in total. The lowest BCUT2D eigenvalue weighted by Gasteiger charge is -2.18. The zero-order valence-electron chi connectivity index (χ0n) is 14.4. The van der Waals surface area contributed by atoms with E-state index in [0.29, 0.717) is 10.1 Å². The minimum atomic E-state index is -4.49. The van der Waals surface area contributed by atoms with Crippen LogP contribution in [0.4, 0.5) is 27.8 Å². The van der Waals surface area contributed by atoms with Gasteiger partial charge in [0.25, 0.3) is 0 Å². The summed E-state index contributed by atoms with van der Waals surface area (Å²) in [4.78, 5) is 12.8. The van der Waals surface area contributed by atoms with Crippen LogP contribution in [0.25, 0.3) is 10.9 Å². The highest BCUT2D eigenvalue weighted by molar-refractivity contribution is 6.29. The fourth-order valence-electron chi connectivity index (χ4n) is 3.01. The topological polar surface area (TPSA) is 69.0 Å². The van der Waals surface area contributed by atoms with Crippen LogP contribution in [0, 0.1) is 0 Å². The van der Waals surface area contributed by atoms with Gasteiger partial charge in [-0.25, -0.2) is 23.7 Å². The summed E-state index contributed by atoms with van der Waals surface area (Å²) in [6.45, 7) is -2.21. The Morgan fingerprint density at radius 3 is 2.69 bits per heavy atom. The molecule has 3 aromatic heterocycles. The van der Waals surface area contributed by atoms with Gasteiger partial charge < -0.3 is 9.64 Å². The van der Waals surface area contributed by atoms with E-state index < -0.39 is 31.3 Å². The third-order valence-electron chi connectivity index (χ3n) is 4.30. The number of aromatic nitrogens is 5. The number of nitrogens with zero attached hydrogens (tertiary/aromatic N) is 6. The van der Waals surface area contributed by atoms with Gasteiger partial charge in [0.05, 0.1) is 24.8 Å². The molecule has 1 aliphatic rings. The second kappa shape index (κ2) is 6.94. The van der Waals surface area contributed by atoms with Crippen LogP contribution in [0.2, 0.25) is 5.15 Å². The predicted octanol–water partition coefficient (Wildman–Crippen LogP) is 3.34. The van der Waals surface area contributed by atoms with E-state index in [0.717, 1.165) is 12.4 Å². The van der Waals surface area contributed by atoms with E-state index in [2.05, 4.69) is 20.1 Å². The first-order valence-electron chi connectivity index (χ1n) is 8.26. The molecule has 0 aliphatic carbocycles. The van der Waals surface area contributed by atoms with Crippen molar-refractivity contribution in [1.82, 2.24) is 24.7 Å². The van der Waals surface area contributed by atoms with Crippen LogP contribution in [0.3, 0.4) is 0 Å². The van der Waals surface area contributed by atoms with Crippen molar-refractivity contribution in [2.24, 2.45) is 0 Å². The Morgan fingerprint density at radius 2 is 1.97 bits per heavy atom. The van der Waals surface area contributed by atoms with Crippen LogP contribution in [0.15, 0.2) is 30.9 Å². The molecule has 3 aromatic rings. The lowest BCUT2D eigenvalue weighted by atomic mass is 10.2. The van der Waals surface area contributed by atoms with E-state index in [1.165, 1.54) is 23.4 Å². The molecule has 0 radical (unpaired) electrons. The zero-order valence-corrected chi connectivity index (χ0v) is 15.2. The summed E-state index contributed by atoms with van der Waals surface area (Å²) < 4.78 is 73.0. The smallest absolute Gasteiger partial charge is 0.408 e. The van der Waals surface area contributed by atoms with Crippen LogP contribution in [0.5, 0.6) is 5.88 Å². The normalized spacial score (nSPS) is 19.1. The SMILES string of the molecule is FC(F)(F)Cn1ncc2cnc(O[C@H]3CN(c4cc(Cl)ncn4)CC3(F)F)cc21. The fourth-order valence-corrected chi connectivity index (χ4v) is 3.15. The van der Waals surface area contributed by atoms with E-state index in [1.807, 2.05) is 0 Å². The number of ether oxygens (including phenoxy) is 1. The number of pyridine rings is 1. The summed E-state index contributed by atoms with van der Waals surface area (Å²) in [6.07, 6.45) is -2.48. The standard InChI is InChI=1S/C16H12ClF5N6O/c17-12-2-13(25-8-24-12)27-5-11(15(18,19)6-27)29-14-1-10-9(3-23-14)4-26-28(10)7-16(20,21)22/h1-4,8,11H,5-7H2/t11-/m0/s1. The van der Waals surface area contributed by atoms with Crippen molar-refractivity contribution in [2.75, 3.05) is 18.0 Å². The number of hydrogen-bond donors (Lipinski definition) is 0. The highest BCUT2D eigenvalue weighted by atomic mass is 35.5. The molecular formula is C16H12ClF5N6O. The van der Waals surface area contributed by atoms with Crippen LogP contribution < -0.4 is 9.64 Å². The molecule has 1 atom stereocenters. The van der Waals surface area contributed by atoms with E-state index in [-0.39, 0.29) is 28.9 Å². The van der Waals surface area contributed by atoms with Gasteiger partial charge in [0.2, 0.25) is 5.88 Å². The summed E-state index contributed by atoms with van der Waals surface area (Å²) in [7, 11) is 0. The number of hydrogen-bond acceptors (Lipinski definition) is 6. The minimum Gasteiger partial charge on any atom is -0.466 e. The maximum Gasteiger partial charge on any atom is 0.408 e. The van der Waals surface area contributed by atoms with Crippen LogP contribution >= 0.6 is 11.6 Å². The van der Waals surface area contributed by atoms with E-state index in [9.17, 15) is 22.0 Å². The first-order chi connectivity index (χ1) is 13.6. The predicted molar refractivity (Wildman–Crippen MR) is 92.2 cm³/mol. The van der Waals surface area contributed by atoms with Gasteiger partial charge in [-0.2, -0.15) is 18.3 Å². The Bertz CT molecular complexity index is 1040. The van der Waals surface area contributed by atoms with Gasteiger partial charge in [-0.3, -0.25) is 4.68 Å². The lowest BCUT2D eigenvalue weighted by molar-refractivity contribution is -0.141. The molecule has 0 bridgehead atoms. The van der Waals surface area contributed by atoms with Gasteiger partial charge >= 0.3 is 12.1 Å².